The zero-order valence-corrected chi connectivity index (χ0v) is 9.96. The van der Waals surface area contributed by atoms with Crippen LogP contribution in [0.5, 0.6) is 0 Å². The van der Waals surface area contributed by atoms with Crippen molar-refractivity contribution >= 4 is 11.7 Å². The summed E-state index contributed by atoms with van der Waals surface area (Å²) in [5.74, 6) is 0.208. The van der Waals surface area contributed by atoms with Gasteiger partial charge in [0.2, 0.25) is 5.91 Å². The third-order valence-electron chi connectivity index (χ3n) is 2.72. The lowest BCUT2D eigenvalue weighted by Crippen LogP contribution is -2.43. The molecule has 1 aliphatic rings. The summed E-state index contributed by atoms with van der Waals surface area (Å²) >= 11 is 0. The fourth-order valence-corrected chi connectivity index (χ4v) is 1.55. The van der Waals surface area contributed by atoms with Crippen molar-refractivity contribution in [2.45, 2.75) is 46.6 Å². The molecule has 4 heteroatoms. The van der Waals surface area contributed by atoms with E-state index < -0.39 is 0 Å². The second kappa shape index (κ2) is 4.31. The molecule has 0 aromatic carbocycles. The van der Waals surface area contributed by atoms with Gasteiger partial charge in [0.05, 0.1) is 0 Å². The van der Waals surface area contributed by atoms with Gasteiger partial charge in [-0.1, -0.05) is 20.8 Å². The Morgan fingerprint density at radius 1 is 1.53 bits per heavy atom. The minimum absolute atomic E-state index is 0.0701. The summed E-state index contributed by atoms with van der Waals surface area (Å²) in [5.41, 5.74) is 3.24. The monoisotopic (exact) mass is 212 g/mol. The van der Waals surface area contributed by atoms with Gasteiger partial charge in [-0.3, -0.25) is 14.6 Å². The smallest absolute Gasteiger partial charge is 0.238 e. The molecule has 1 rings (SSSR count). The van der Waals surface area contributed by atoms with Crippen molar-refractivity contribution in [3.63, 3.8) is 0 Å². The van der Waals surface area contributed by atoms with E-state index in [9.17, 15) is 9.59 Å². The van der Waals surface area contributed by atoms with Gasteiger partial charge in [-0.15, -0.1) is 0 Å². The minimum atomic E-state index is 0.0701. The summed E-state index contributed by atoms with van der Waals surface area (Å²) in [6.07, 6.45) is 0.955. The molecule has 15 heavy (non-hydrogen) atoms. The summed E-state index contributed by atoms with van der Waals surface area (Å²) < 4.78 is 0. The normalized spacial score (nSPS) is 22.3. The standard InChI is InChI=1S/C11H20N2O2/c1-8(14)5-6-13-10(15)7-9(12-13)11(2,3)4/h9,12H,5-7H2,1-4H3. The molecule has 1 amide bonds. The summed E-state index contributed by atoms with van der Waals surface area (Å²) in [4.78, 5) is 22.4. The Kier molecular flexibility index (Phi) is 3.50. The van der Waals surface area contributed by atoms with E-state index in [2.05, 4.69) is 26.2 Å². The summed E-state index contributed by atoms with van der Waals surface area (Å²) in [5, 5.41) is 1.58. The van der Waals surface area contributed by atoms with Crippen molar-refractivity contribution in [3.8, 4) is 0 Å². The topological polar surface area (TPSA) is 49.4 Å². The molecular formula is C11H20N2O2. The van der Waals surface area contributed by atoms with Gasteiger partial charge < -0.3 is 0 Å². The van der Waals surface area contributed by atoms with Crippen molar-refractivity contribution in [1.82, 2.24) is 10.4 Å². The van der Waals surface area contributed by atoms with Crippen LogP contribution in [0.2, 0.25) is 0 Å². The summed E-state index contributed by atoms with van der Waals surface area (Å²) in [7, 11) is 0. The van der Waals surface area contributed by atoms with E-state index in [-0.39, 0.29) is 23.1 Å². The molecule has 0 radical (unpaired) electrons. The summed E-state index contributed by atoms with van der Waals surface area (Å²) in [6, 6.07) is 0.178. The van der Waals surface area contributed by atoms with Crippen molar-refractivity contribution in [2.24, 2.45) is 5.41 Å². The molecular weight excluding hydrogens is 192 g/mol. The molecule has 0 saturated carbocycles. The number of hydrazine groups is 1. The van der Waals surface area contributed by atoms with Crippen LogP contribution in [0.15, 0.2) is 0 Å². The SMILES string of the molecule is CC(=O)CCN1NC(C(C)(C)C)CC1=O. The van der Waals surface area contributed by atoms with Crippen LogP contribution < -0.4 is 5.43 Å². The van der Waals surface area contributed by atoms with Crippen molar-refractivity contribution < 1.29 is 9.59 Å². The number of hydrogen-bond acceptors (Lipinski definition) is 3. The molecule has 0 spiro atoms. The third-order valence-corrected chi connectivity index (χ3v) is 2.72. The predicted octanol–water partition coefficient (Wildman–Crippen LogP) is 1.12. The Balaban J connectivity index is 2.50. The van der Waals surface area contributed by atoms with Crippen LogP contribution in [0, 0.1) is 5.41 Å². The lowest BCUT2D eigenvalue weighted by Gasteiger charge is -2.27. The molecule has 86 valence electrons. The lowest BCUT2D eigenvalue weighted by molar-refractivity contribution is -0.130. The molecule has 1 unspecified atom stereocenters. The van der Waals surface area contributed by atoms with E-state index in [1.165, 1.54) is 0 Å². The molecule has 0 aliphatic carbocycles. The molecule has 1 aliphatic heterocycles. The first-order chi connectivity index (χ1) is 6.80. The van der Waals surface area contributed by atoms with E-state index >= 15 is 0 Å². The molecule has 1 heterocycles. The lowest BCUT2D eigenvalue weighted by atomic mass is 9.86. The molecule has 4 nitrogen and oxygen atoms in total. The molecule has 1 atom stereocenters. The van der Waals surface area contributed by atoms with E-state index in [0.29, 0.717) is 19.4 Å². The maximum atomic E-state index is 11.6. The average molecular weight is 212 g/mol. The molecule has 1 fully saturated rings. The number of carbonyl (C=O) groups is 2. The van der Waals surface area contributed by atoms with Crippen molar-refractivity contribution in [1.29, 1.82) is 0 Å². The van der Waals surface area contributed by atoms with Crippen LogP contribution in [0.4, 0.5) is 0 Å². The third kappa shape index (κ3) is 3.30. The van der Waals surface area contributed by atoms with Crippen molar-refractivity contribution in [2.75, 3.05) is 6.54 Å². The summed E-state index contributed by atoms with van der Waals surface area (Å²) in [6.45, 7) is 8.34. The number of ketones is 1. The molecule has 1 N–H and O–H groups in total. The number of hydrogen-bond donors (Lipinski definition) is 1. The maximum Gasteiger partial charge on any atom is 0.238 e. The predicted molar refractivity (Wildman–Crippen MR) is 58.0 cm³/mol. The largest absolute Gasteiger partial charge is 0.300 e. The highest BCUT2D eigenvalue weighted by atomic mass is 16.2. The number of nitrogens with one attached hydrogen (secondary N) is 1. The highest BCUT2D eigenvalue weighted by molar-refractivity contribution is 5.80. The molecule has 0 bridgehead atoms. The molecule has 0 aromatic rings. The zero-order chi connectivity index (χ0) is 11.6. The van der Waals surface area contributed by atoms with Gasteiger partial charge in [0.1, 0.15) is 5.78 Å². The first-order valence-corrected chi connectivity index (χ1v) is 5.36. The molecule has 0 aromatic heterocycles. The Hall–Kier alpha value is -0.900. The van der Waals surface area contributed by atoms with Gasteiger partial charge >= 0.3 is 0 Å². The van der Waals surface area contributed by atoms with Crippen LogP contribution >= 0.6 is 0 Å². The second-order valence-electron chi connectivity index (χ2n) is 5.25. The second-order valence-corrected chi connectivity index (χ2v) is 5.25. The minimum Gasteiger partial charge on any atom is -0.300 e. The highest BCUT2D eigenvalue weighted by Gasteiger charge is 2.36. The first-order valence-electron chi connectivity index (χ1n) is 5.36. The van der Waals surface area contributed by atoms with Crippen LogP contribution in [0.3, 0.4) is 0 Å². The number of nitrogens with zero attached hydrogens (tertiary/aromatic N) is 1. The number of amides is 1. The van der Waals surface area contributed by atoms with Crippen LogP contribution in [-0.4, -0.2) is 29.3 Å². The van der Waals surface area contributed by atoms with Gasteiger partial charge in [-0.25, -0.2) is 5.43 Å². The van der Waals surface area contributed by atoms with Gasteiger partial charge in [0, 0.05) is 25.4 Å². The van der Waals surface area contributed by atoms with Crippen LogP contribution in [0.25, 0.3) is 0 Å². The van der Waals surface area contributed by atoms with E-state index in [4.69, 9.17) is 0 Å². The Labute approximate surface area is 91.0 Å². The highest BCUT2D eigenvalue weighted by Crippen LogP contribution is 2.26. The van der Waals surface area contributed by atoms with Gasteiger partial charge in [0.25, 0.3) is 0 Å². The van der Waals surface area contributed by atoms with Crippen LogP contribution in [0.1, 0.15) is 40.5 Å². The van der Waals surface area contributed by atoms with E-state index in [0.717, 1.165) is 0 Å². The molecule has 1 saturated heterocycles. The van der Waals surface area contributed by atoms with Gasteiger partial charge in [-0.05, 0) is 12.3 Å². The quantitative estimate of drug-likeness (QED) is 0.762. The maximum absolute atomic E-state index is 11.6. The van der Waals surface area contributed by atoms with E-state index in [1.54, 1.807) is 11.9 Å². The number of Topliss-reactive ketones (excluding diaryl/α,β-unsaturated/α-hetero) is 1. The van der Waals surface area contributed by atoms with Crippen molar-refractivity contribution in [3.05, 3.63) is 0 Å². The Morgan fingerprint density at radius 3 is 2.53 bits per heavy atom. The zero-order valence-electron chi connectivity index (χ0n) is 9.96. The number of rotatable bonds is 3. The fraction of sp³-hybridized carbons (Fsp3) is 0.818. The van der Waals surface area contributed by atoms with Crippen LogP contribution in [-0.2, 0) is 9.59 Å². The Morgan fingerprint density at radius 2 is 2.13 bits per heavy atom. The average Bonchev–Trinajstić information content (AvgIpc) is 2.42. The van der Waals surface area contributed by atoms with Gasteiger partial charge in [0.15, 0.2) is 0 Å². The van der Waals surface area contributed by atoms with E-state index in [1.807, 2.05) is 0 Å². The number of carbonyl (C=O) groups excluding carboxylic acids is 2. The van der Waals surface area contributed by atoms with Gasteiger partial charge in [-0.2, -0.15) is 0 Å². The first kappa shape index (κ1) is 12.2. The Bertz CT molecular complexity index is 268. The fourth-order valence-electron chi connectivity index (χ4n) is 1.55.